The number of aryl methyl sites for hydroxylation is 1. The van der Waals surface area contributed by atoms with E-state index in [1.54, 1.807) is 18.9 Å². The predicted octanol–water partition coefficient (Wildman–Crippen LogP) is 2.05. The fraction of sp³-hybridized carbons (Fsp3) is 0.533. The Hall–Kier alpha value is -1.20. The van der Waals surface area contributed by atoms with Gasteiger partial charge in [0.25, 0.3) is 0 Å². The highest BCUT2D eigenvalue weighted by atomic mass is 32.2. The fourth-order valence-electron chi connectivity index (χ4n) is 2.50. The number of nitrogens with two attached hydrogens (primary N) is 1. The smallest absolute Gasteiger partial charge is 0.243 e. The second-order valence-corrected chi connectivity index (χ2v) is 5.96. The topological polar surface area (TPSA) is 55.6 Å². The molecule has 20 heavy (non-hydrogen) atoms. The van der Waals surface area contributed by atoms with Gasteiger partial charge in [-0.1, -0.05) is 0 Å². The van der Waals surface area contributed by atoms with Crippen molar-refractivity contribution in [3.63, 3.8) is 0 Å². The number of nitrogens with zero attached hydrogens (tertiary/aromatic N) is 1. The minimum absolute atomic E-state index is 0.0326. The van der Waals surface area contributed by atoms with Crippen LogP contribution in [-0.2, 0) is 11.2 Å². The maximum Gasteiger partial charge on any atom is 0.243 e. The zero-order valence-corrected chi connectivity index (χ0v) is 12.9. The van der Waals surface area contributed by atoms with Gasteiger partial charge >= 0.3 is 0 Å². The normalized spacial score (nSPS) is 15.7. The van der Waals surface area contributed by atoms with Crippen LogP contribution in [0.1, 0.15) is 18.4 Å². The highest BCUT2D eigenvalue weighted by Gasteiger charge is 2.26. The van der Waals surface area contributed by atoms with Gasteiger partial charge in [-0.15, -0.1) is 0 Å². The van der Waals surface area contributed by atoms with E-state index in [1.165, 1.54) is 5.56 Å². The van der Waals surface area contributed by atoms with Crippen molar-refractivity contribution >= 4 is 23.4 Å². The lowest BCUT2D eigenvalue weighted by molar-refractivity contribution is -0.119. The minimum Gasteiger partial charge on any atom is -0.497 e. The van der Waals surface area contributed by atoms with Gasteiger partial charge in [-0.3, -0.25) is 4.79 Å². The van der Waals surface area contributed by atoms with Crippen LogP contribution in [0.25, 0.3) is 0 Å². The summed E-state index contributed by atoms with van der Waals surface area (Å²) in [5.41, 5.74) is 8.17. The Balaban J connectivity index is 2.17. The molecule has 0 bridgehead atoms. The zero-order chi connectivity index (χ0) is 14.5. The maximum absolute atomic E-state index is 12.5. The Kier molecular flexibility index (Phi) is 5.31. The summed E-state index contributed by atoms with van der Waals surface area (Å²) in [6.07, 6.45) is 4.71. The van der Waals surface area contributed by atoms with Crippen LogP contribution in [0, 0.1) is 0 Å². The van der Waals surface area contributed by atoms with Gasteiger partial charge in [-0.05, 0) is 55.0 Å². The van der Waals surface area contributed by atoms with Crippen LogP contribution in [0.15, 0.2) is 18.2 Å². The molecule has 5 heteroatoms. The number of amides is 1. The molecule has 1 amide bonds. The molecule has 110 valence electrons. The van der Waals surface area contributed by atoms with Crippen LogP contribution in [0.3, 0.4) is 0 Å². The first-order valence-corrected chi connectivity index (χ1v) is 8.29. The first kappa shape index (κ1) is 15.2. The summed E-state index contributed by atoms with van der Waals surface area (Å²) in [6, 6.07) is 5.47. The molecule has 2 rings (SSSR count). The summed E-state index contributed by atoms with van der Waals surface area (Å²) in [5, 5.41) is 0. The largest absolute Gasteiger partial charge is 0.497 e. The third-order valence-electron chi connectivity index (χ3n) is 3.62. The number of hydrogen-bond acceptors (Lipinski definition) is 4. The molecule has 0 unspecified atom stereocenters. The molecule has 1 aliphatic heterocycles. The van der Waals surface area contributed by atoms with Crippen molar-refractivity contribution in [2.45, 2.75) is 25.3 Å². The molecule has 0 spiro atoms. The van der Waals surface area contributed by atoms with Gasteiger partial charge in [0, 0.05) is 12.2 Å². The molecular formula is C15H22N2O2S. The Morgan fingerprint density at radius 1 is 1.55 bits per heavy atom. The van der Waals surface area contributed by atoms with E-state index in [0.29, 0.717) is 0 Å². The number of hydrogen-bond donors (Lipinski definition) is 1. The lowest BCUT2D eigenvalue weighted by Gasteiger charge is -2.31. The summed E-state index contributed by atoms with van der Waals surface area (Å²) >= 11 is 1.72. The summed E-state index contributed by atoms with van der Waals surface area (Å²) in [6.45, 7) is 0.755. The summed E-state index contributed by atoms with van der Waals surface area (Å²) in [5.74, 6) is 1.78. The van der Waals surface area contributed by atoms with Gasteiger partial charge in [0.15, 0.2) is 0 Å². The fourth-order valence-corrected chi connectivity index (χ4v) is 2.99. The van der Waals surface area contributed by atoms with Crippen LogP contribution >= 0.6 is 11.8 Å². The van der Waals surface area contributed by atoms with Gasteiger partial charge < -0.3 is 15.4 Å². The van der Waals surface area contributed by atoms with Crippen LogP contribution < -0.4 is 15.4 Å². The van der Waals surface area contributed by atoms with Crippen molar-refractivity contribution in [2.24, 2.45) is 5.73 Å². The number of carbonyl (C=O) groups is 1. The lowest BCUT2D eigenvalue weighted by atomic mass is 10.0. The molecule has 1 aliphatic rings. The number of carbonyl (C=O) groups excluding carboxylic acids is 1. The third-order valence-corrected chi connectivity index (χ3v) is 4.27. The van der Waals surface area contributed by atoms with Crippen LogP contribution in [0.5, 0.6) is 5.75 Å². The highest BCUT2D eigenvalue weighted by Crippen LogP contribution is 2.30. The number of benzene rings is 1. The zero-order valence-electron chi connectivity index (χ0n) is 12.1. The second kappa shape index (κ2) is 6.99. The van der Waals surface area contributed by atoms with Gasteiger partial charge in [-0.25, -0.2) is 0 Å². The molecule has 1 heterocycles. The van der Waals surface area contributed by atoms with Crippen molar-refractivity contribution < 1.29 is 9.53 Å². The van der Waals surface area contributed by atoms with E-state index >= 15 is 0 Å². The number of anilines is 1. The molecule has 0 radical (unpaired) electrons. The SMILES string of the molecule is COc1ccc2c(c1)CCCN2C(=O)[C@@H](N)CCSC. The Bertz CT molecular complexity index is 479. The van der Waals surface area contributed by atoms with E-state index in [-0.39, 0.29) is 5.91 Å². The monoisotopic (exact) mass is 294 g/mol. The molecule has 1 aromatic carbocycles. The maximum atomic E-state index is 12.5. The molecule has 1 aromatic rings. The molecule has 2 N–H and O–H groups in total. The van der Waals surface area contributed by atoms with E-state index in [0.717, 1.165) is 43.0 Å². The lowest BCUT2D eigenvalue weighted by Crippen LogP contribution is -2.46. The van der Waals surface area contributed by atoms with E-state index in [4.69, 9.17) is 10.5 Å². The van der Waals surface area contributed by atoms with Crippen LogP contribution in [-0.4, -0.2) is 37.6 Å². The van der Waals surface area contributed by atoms with Crippen molar-refractivity contribution in [1.82, 2.24) is 0 Å². The van der Waals surface area contributed by atoms with E-state index in [9.17, 15) is 4.79 Å². The summed E-state index contributed by atoms with van der Waals surface area (Å²) in [4.78, 5) is 14.3. The number of thioether (sulfide) groups is 1. The third kappa shape index (κ3) is 3.27. The average molecular weight is 294 g/mol. The van der Waals surface area contributed by atoms with Crippen LogP contribution in [0.2, 0.25) is 0 Å². The predicted molar refractivity (Wildman–Crippen MR) is 84.6 cm³/mol. The number of ether oxygens (including phenoxy) is 1. The first-order chi connectivity index (χ1) is 9.67. The second-order valence-electron chi connectivity index (χ2n) is 4.98. The van der Waals surface area contributed by atoms with Crippen molar-refractivity contribution in [2.75, 3.05) is 30.6 Å². The molecule has 0 saturated heterocycles. The number of rotatable bonds is 5. The first-order valence-electron chi connectivity index (χ1n) is 6.90. The molecule has 1 atom stereocenters. The van der Waals surface area contributed by atoms with Crippen LogP contribution in [0.4, 0.5) is 5.69 Å². The highest BCUT2D eigenvalue weighted by molar-refractivity contribution is 7.98. The summed E-state index contributed by atoms with van der Waals surface area (Å²) in [7, 11) is 1.66. The minimum atomic E-state index is -0.407. The van der Waals surface area contributed by atoms with Crippen molar-refractivity contribution in [3.05, 3.63) is 23.8 Å². The van der Waals surface area contributed by atoms with Gasteiger partial charge in [0.05, 0.1) is 13.2 Å². The van der Waals surface area contributed by atoms with Crippen molar-refractivity contribution in [1.29, 1.82) is 0 Å². The van der Waals surface area contributed by atoms with Gasteiger partial charge in [-0.2, -0.15) is 11.8 Å². The Morgan fingerprint density at radius 2 is 2.35 bits per heavy atom. The standard InChI is InChI=1S/C15H22N2O2S/c1-19-12-5-6-14-11(10-12)4-3-8-17(14)15(18)13(16)7-9-20-2/h5-6,10,13H,3-4,7-9,16H2,1-2H3/t13-/m0/s1. The Labute approximate surface area is 124 Å². The Morgan fingerprint density at radius 3 is 3.05 bits per heavy atom. The average Bonchev–Trinajstić information content (AvgIpc) is 2.50. The number of methoxy groups -OCH3 is 1. The van der Waals surface area contributed by atoms with Gasteiger partial charge in [0.2, 0.25) is 5.91 Å². The molecular weight excluding hydrogens is 272 g/mol. The van der Waals surface area contributed by atoms with Crippen molar-refractivity contribution in [3.8, 4) is 5.75 Å². The molecule has 0 fully saturated rings. The van der Waals surface area contributed by atoms with E-state index < -0.39 is 6.04 Å². The quantitative estimate of drug-likeness (QED) is 0.903. The van der Waals surface area contributed by atoms with E-state index in [1.807, 2.05) is 29.4 Å². The number of fused-ring (bicyclic) bond motifs is 1. The molecule has 0 aliphatic carbocycles. The molecule has 0 saturated carbocycles. The summed E-state index contributed by atoms with van der Waals surface area (Å²) < 4.78 is 5.25. The van der Waals surface area contributed by atoms with Gasteiger partial charge in [0.1, 0.15) is 5.75 Å². The molecule has 4 nitrogen and oxygen atoms in total. The molecule has 0 aromatic heterocycles. The van der Waals surface area contributed by atoms with E-state index in [2.05, 4.69) is 0 Å².